The first-order valence-electron chi connectivity index (χ1n) is 5.43. The van der Waals surface area contributed by atoms with Gasteiger partial charge in [-0.2, -0.15) is 9.78 Å². The van der Waals surface area contributed by atoms with E-state index in [-0.39, 0.29) is 0 Å². The second-order valence-electron chi connectivity index (χ2n) is 3.88. The topological polar surface area (TPSA) is 61.4 Å². The van der Waals surface area contributed by atoms with Gasteiger partial charge in [0.25, 0.3) is 0 Å². The Morgan fingerprint density at radius 3 is 2.68 bits per heavy atom. The Morgan fingerprint density at radius 1 is 1.21 bits per heavy atom. The van der Waals surface area contributed by atoms with Gasteiger partial charge in [-0.3, -0.25) is 4.68 Å². The van der Waals surface area contributed by atoms with Gasteiger partial charge in [-0.15, -0.1) is 5.10 Å². The van der Waals surface area contributed by atoms with Crippen LogP contribution >= 0.6 is 27.5 Å². The van der Waals surface area contributed by atoms with Gasteiger partial charge in [-0.1, -0.05) is 23.7 Å². The molecular weight excluding hydrogens is 332 g/mol. The number of aromatic nitrogens is 6. The summed E-state index contributed by atoms with van der Waals surface area (Å²) in [5, 5.41) is 16.1. The number of rotatable bonds is 3. The summed E-state index contributed by atoms with van der Waals surface area (Å²) < 4.78 is 4.14. The molecular formula is C11H8BrClN6. The predicted octanol–water partition coefficient (Wildman–Crippen LogP) is 2.32. The van der Waals surface area contributed by atoms with Crippen LogP contribution in [0, 0.1) is 0 Å². The molecule has 0 fully saturated rings. The van der Waals surface area contributed by atoms with E-state index < -0.39 is 0 Å². The fourth-order valence-corrected chi connectivity index (χ4v) is 2.28. The van der Waals surface area contributed by atoms with Crippen LogP contribution in [0.25, 0.3) is 5.82 Å². The predicted molar refractivity (Wildman–Crippen MR) is 73.2 cm³/mol. The third-order valence-corrected chi connectivity index (χ3v) is 3.33. The lowest BCUT2D eigenvalue weighted by atomic mass is 10.2. The summed E-state index contributed by atoms with van der Waals surface area (Å²) in [6.45, 7) is 0.651. The lowest BCUT2D eigenvalue weighted by Crippen LogP contribution is -2.03. The number of halogens is 2. The van der Waals surface area contributed by atoms with Crippen LogP contribution in [0.15, 0.2) is 41.3 Å². The van der Waals surface area contributed by atoms with Gasteiger partial charge in [-0.25, -0.2) is 0 Å². The first kappa shape index (κ1) is 12.3. The summed E-state index contributed by atoms with van der Waals surface area (Å²) in [5.41, 5.74) is 1.11. The number of tetrazole rings is 1. The van der Waals surface area contributed by atoms with E-state index in [1.54, 1.807) is 0 Å². The molecule has 2 heterocycles. The highest BCUT2D eigenvalue weighted by atomic mass is 79.9. The summed E-state index contributed by atoms with van der Waals surface area (Å²) in [4.78, 5) is 0. The quantitative estimate of drug-likeness (QED) is 0.735. The molecule has 0 aliphatic carbocycles. The average molecular weight is 340 g/mol. The summed E-state index contributed by atoms with van der Waals surface area (Å²) >= 11 is 9.30. The molecule has 1 aromatic carbocycles. The number of nitrogens with zero attached hydrogens (tertiary/aromatic N) is 6. The Hall–Kier alpha value is -1.73. The van der Waals surface area contributed by atoms with Crippen molar-refractivity contribution in [2.75, 3.05) is 0 Å². The van der Waals surface area contributed by atoms with Crippen LogP contribution in [0.2, 0.25) is 5.02 Å². The molecule has 0 aliphatic heterocycles. The molecule has 0 saturated heterocycles. The highest BCUT2D eigenvalue weighted by Crippen LogP contribution is 2.19. The molecule has 0 unspecified atom stereocenters. The minimum atomic E-state index is 0.651. The van der Waals surface area contributed by atoms with E-state index in [9.17, 15) is 0 Å². The molecule has 0 N–H and O–H groups in total. The molecule has 3 rings (SSSR count). The molecule has 8 heteroatoms. The Balaban J connectivity index is 1.87. The fraction of sp³-hybridized carbons (Fsp3) is 0.0909. The lowest BCUT2D eigenvalue weighted by Gasteiger charge is -2.01. The van der Waals surface area contributed by atoms with E-state index >= 15 is 0 Å². The molecule has 0 amide bonds. The van der Waals surface area contributed by atoms with Crippen molar-refractivity contribution in [3.63, 3.8) is 0 Å². The largest absolute Gasteiger partial charge is 0.265 e. The van der Waals surface area contributed by atoms with Crippen molar-refractivity contribution in [3.8, 4) is 5.82 Å². The van der Waals surface area contributed by atoms with Gasteiger partial charge in [-0.05, 0) is 44.1 Å². The van der Waals surface area contributed by atoms with E-state index in [4.69, 9.17) is 11.6 Å². The summed E-state index contributed by atoms with van der Waals surface area (Å²) in [6, 6.07) is 7.65. The lowest BCUT2D eigenvalue weighted by molar-refractivity contribution is 0.663. The molecule has 0 bridgehead atoms. The Morgan fingerprint density at radius 2 is 2.00 bits per heavy atom. The first-order valence-corrected chi connectivity index (χ1v) is 6.60. The molecule has 19 heavy (non-hydrogen) atoms. The zero-order chi connectivity index (χ0) is 13.2. The first-order chi connectivity index (χ1) is 9.22. The minimum absolute atomic E-state index is 0.651. The van der Waals surface area contributed by atoms with Gasteiger partial charge in [0.1, 0.15) is 6.33 Å². The van der Waals surface area contributed by atoms with E-state index in [0.717, 1.165) is 15.1 Å². The van der Waals surface area contributed by atoms with E-state index in [0.29, 0.717) is 12.4 Å². The number of hydrogen-bond acceptors (Lipinski definition) is 4. The molecule has 96 valence electrons. The molecule has 0 spiro atoms. The Bertz CT molecular complexity index is 676. The van der Waals surface area contributed by atoms with Crippen LogP contribution in [0.3, 0.4) is 0 Å². The second kappa shape index (κ2) is 5.10. The standard InChI is InChI=1S/C11H8BrClN6/c12-10-6-18(5-8-1-3-9(13)4-2-8)15-11(10)19-7-14-16-17-19/h1-4,6-7H,5H2. The smallest absolute Gasteiger partial charge is 0.192 e. The van der Waals surface area contributed by atoms with Crippen LogP contribution in [-0.4, -0.2) is 30.0 Å². The molecule has 0 atom stereocenters. The number of benzene rings is 1. The van der Waals surface area contributed by atoms with Crippen LogP contribution in [0.5, 0.6) is 0 Å². The van der Waals surface area contributed by atoms with Crippen molar-refractivity contribution in [2.45, 2.75) is 6.54 Å². The van der Waals surface area contributed by atoms with Crippen molar-refractivity contribution in [1.29, 1.82) is 0 Å². The third-order valence-electron chi connectivity index (χ3n) is 2.52. The zero-order valence-electron chi connectivity index (χ0n) is 9.61. The minimum Gasteiger partial charge on any atom is -0.265 e. The van der Waals surface area contributed by atoms with Crippen molar-refractivity contribution in [1.82, 2.24) is 30.0 Å². The van der Waals surface area contributed by atoms with Crippen molar-refractivity contribution >= 4 is 27.5 Å². The normalized spacial score (nSPS) is 10.8. The van der Waals surface area contributed by atoms with Crippen LogP contribution in [0.4, 0.5) is 0 Å². The SMILES string of the molecule is Clc1ccc(Cn2cc(Br)c(-n3cnnn3)n2)cc1. The van der Waals surface area contributed by atoms with Crippen LogP contribution < -0.4 is 0 Å². The van der Waals surface area contributed by atoms with E-state index in [1.807, 2.05) is 35.1 Å². The summed E-state index contributed by atoms with van der Waals surface area (Å²) in [5.74, 6) is 0.652. The second-order valence-corrected chi connectivity index (χ2v) is 5.17. The summed E-state index contributed by atoms with van der Waals surface area (Å²) in [6.07, 6.45) is 3.38. The Labute approximate surface area is 122 Å². The maximum atomic E-state index is 5.86. The molecule has 2 aromatic heterocycles. The highest BCUT2D eigenvalue weighted by Gasteiger charge is 2.10. The van der Waals surface area contributed by atoms with Gasteiger partial charge >= 0.3 is 0 Å². The maximum Gasteiger partial charge on any atom is 0.192 e. The van der Waals surface area contributed by atoms with Crippen molar-refractivity contribution < 1.29 is 0 Å². The zero-order valence-corrected chi connectivity index (χ0v) is 12.0. The fourth-order valence-electron chi connectivity index (χ4n) is 1.66. The molecule has 0 radical (unpaired) electrons. The molecule has 3 aromatic rings. The van der Waals surface area contributed by atoms with Crippen LogP contribution in [-0.2, 0) is 6.54 Å². The van der Waals surface area contributed by atoms with Gasteiger partial charge < -0.3 is 0 Å². The van der Waals surface area contributed by atoms with Crippen molar-refractivity contribution in [3.05, 3.63) is 51.8 Å². The monoisotopic (exact) mass is 338 g/mol. The molecule has 0 saturated carbocycles. The highest BCUT2D eigenvalue weighted by molar-refractivity contribution is 9.10. The van der Waals surface area contributed by atoms with Gasteiger partial charge in [0.05, 0.1) is 11.0 Å². The van der Waals surface area contributed by atoms with Crippen molar-refractivity contribution in [2.24, 2.45) is 0 Å². The average Bonchev–Trinajstić information content (AvgIpc) is 3.01. The van der Waals surface area contributed by atoms with E-state index in [1.165, 1.54) is 11.0 Å². The molecule has 0 aliphatic rings. The van der Waals surface area contributed by atoms with Gasteiger partial charge in [0.2, 0.25) is 0 Å². The number of hydrogen-bond donors (Lipinski definition) is 0. The van der Waals surface area contributed by atoms with E-state index in [2.05, 4.69) is 36.6 Å². The summed E-state index contributed by atoms with van der Waals surface area (Å²) in [7, 11) is 0. The molecule has 6 nitrogen and oxygen atoms in total. The van der Waals surface area contributed by atoms with Gasteiger partial charge in [0.15, 0.2) is 5.82 Å². The van der Waals surface area contributed by atoms with Gasteiger partial charge in [0, 0.05) is 11.2 Å². The van der Waals surface area contributed by atoms with Crippen LogP contribution in [0.1, 0.15) is 5.56 Å². The Kier molecular flexibility index (Phi) is 3.31. The third kappa shape index (κ3) is 2.66. The maximum absolute atomic E-state index is 5.86.